The molecule has 0 spiro atoms. The minimum Gasteiger partial charge on any atom is -0.376 e. The number of hydrogen-bond donors (Lipinski definition) is 1. The molecule has 2 heteroatoms. The fourth-order valence-corrected chi connectivity index (χ4v) is 2.97. The maximum atomic E-state index is 5.77. The Balaban J connectivity index is 2.65. The van der Waals surface area contributed by atoms with E-state index in [0.29, 0.717) is 5.41 Å². The first-order valence-electron chi connectivity index (χ1n) is 5.88. The fraction of sp³-hybridized carbons (Fsp3) is 1.00. The summed E-state index contributed by atoms with van der Waals surface area (Å²) in [6.45, 7) is 8.39. The zero-order chi connectivity index (χ0) is 10.7. The van der Waals surface area contributed by atoms with Crippen LogP contribution in [0.15, 0.2) is 0 Å². The highest BCUT2D eigenvalue weighted by Crippen LogP contribution is 2.44. The van der Waals surface area contributed by atoms with E-state index in [1.807, 2.05) is 0 Å². The van der Waals surface area contributed by atoms with Crippen LogP contribution in [0, 0.1) is 5.41 Å². The SMILES string of the molecule is CCC[C@@]1(CCN)CCOC(C)(C)C1. The van der Waals surface area contributed by atoms with Gasteiger partial charge < -0.3 is 10.5 Å². The predicted octanol–water partition coefficient (Wildman–Crippen LogP) is 2.71. The van der Waals surface area contributed by atoms with Gasteiger partial charge in [-0.25, -0.2) is 0 Å². The van der Waals surface area contributed by atoms with Gasteiger partial charge in [-0.15, -0.1) is 0 Å². The average molecular weight is 199 g/mol. The Morgan fingerprint density at radius 2 is 2.00 bits per heavy atom. The summed E-state index contributed by atoms with van der Waals surface area (Å²) in [5.74, 6) is 0. The summed E-state index contributed by atoms with van der Waals surface area (Å²) in [5.41, 5.74) is 6.24. The maximum absolute atomic E-state index is 5.77. The lowest BCUT2D eigenvalue weighted by atomic mass is 9.69. The van der Waals surface area contributed by atoms with E-state index in [0.717, 1.165) is 19.6 Å². The van der Waals surface area contributed by atoms with Crippen LogP contribution in [0.2, 0.25) is 0 Å². The third-order valence-corrected chi connectivity index (χ3v) is 3.38. The molecule has 84 valence electrons. The highest BCUT2D eigenvalue weighted by Gasteiger charge is 2.39. The second kappa shape index (κ2) is 4.63. The third-order valence-electron chi connectivity index (χ3n) is 3.38. The number of hydrogen-bond acceptors (Lipinski definition) is 2. The van der Waals surface area contributed by atoms with Crippen LogP contribution in [-0.2, 0) is 4.74 Å². The van der Waals surface area contributed by atoms with Crippen molar-refractivity contribution < 1.29 is 4.74 Å². The predicted molar refractivity (Wildman–Crippen MR) is 60.3 cm³/mol. The Morgan fingerprint density at radius 1 is 1.29 bits per heavy atom. The molecule has 1 atom stereocenters. The van der Waals surface area contributed by atoms with Crippen molar-refractivity contribution in [2.75, 3.05) is 13.2 Å². The van der Waals surface area contributed by atoms with Crippen LogP contribution in [0.5, 0.6) is 0 Å². The van der Waals surface area contributed by atoms with Gasteiger partial charge in [0.15, 0.2) is 0 Å². The molecule has 2 N–H and O–H groups in total. The van der Waals surface area contributed by atoms with Gasteiger partial charge in [-0.1, -0.05) is 13.3 Å². The van der Waals surface area contributed by atoms with Crippen LogP contribution in [0.1, 0.15) is 52.9 Å². The second-order valence-corrected chi connectivity index (χ2v) is 5.32. The summed E-state index contributed by atoms with van der Waals surface area (Å²) in [5, 5.41) is 0. The fourth-order valence-electron chi connectivity index (χ4n) is 2.97. The monoisotopic (exact) mass is 199 g/mol. The Morgan fingerprint density at radius 3 is 2.50 bits per heavy atom. The molecule has 0 unspecified atom stereocenters. The minimum atomic E-state index is 0.0581. The van der Waals surface area contributed by atoms with Crippen molar-refractivity contribution in [2.24, 2.45) is 11.1 Å². The van der Waals surface area contributed by atoms with Crippen molar-refractivity contribution in [3.05, 3.63) is 0 Å². The van der Waals surface area contributed by atoms with Crippen LogP contribution in [-0.4, -0.2) is 18.8 Å². The molecule has 0 aromatic carbocycles. The van der Waals surface area contributed by atoms with E-state index < -0.39 is 0 Å². The maximum Gasteiger partial charge on any atom is 0.0631 e. The van der Waals surface area contributed by atoms with E-state index in [-0.39, 0.29) is 5.60 Å². The van der Waals surface area contributed by atoms with E-state index in [1.165, 1.54) is 25.7 Å². The largest absolute Gasteiger partial charge is 0.376 e. The molecular weight excluding hydrogens is 174 g/mol. The van der Waals surface area contributed by atoms with Gasteiger partial charge in [-0.2, -0.15) is 0 Å². The molecule has 0 aromatic heterocycles. The number of rotatable bonds is 4. The lowest BCUT2D eigenvalue weighted by molar-refractivity contribution is -0.109. The molecule has 1 fully saturated rings. The van der Waals surface area contributed by atoms with Gasteiger partial charge in [0, 0.05) is 6.61 Å². The first-order chi connectivity index (χ1) is 6.54. The molecule has 1 heterocycles. The highest BCUT2D eigenvalue weighted by molar-refractivity contribution is 4.90. The quantitative estimate of drug-likeness (QED) is 0.755. The molecule has 1 aliphatic heterocycles. The normalized spacial score (nSPS) is 31.7. The highest BCUT2D eigenvalue weighted by atomic mass is 16.5. The number of ether oxygens (including phenoxy) is 1. The Kier molecular flexibility index (Phi) is 3.96. The van der Waals surface area contributed by atoms with Gasteiger partial charge in [0.1, 0.15) is 0 Å². The average Bonchev–Trinajstić information content (AvgIpc) is 2.02. The van der Waals surface area contributed by atoms with Crippen molar-refractivity contribution in [3.8, 4) is 0 Å². The molecule has 1 rings (SSSR count). The summed E-state index contributed by atoms with van der Waals surface area (Å²) < 4.78 is 5.77. The van der Waals surface area contributed by atoms with Crippen molar-refractivity contribution in [2.45, 2.75) is 58.5 Å². The van der Waals surface area contributed by atoms with Crippen molar-refractivity contribution >= 4 is 0 Å². The van der Waals surface area contributed by atoms with Crippen LogP contribution in [0.4, 0.5) is 0 Å². The summed E-state index contributed by atoms with van der Waals surface area (Å²) >= 11 is 0. The second-order valence-electron chi connectivity index (χ2n) is 5.32. The molecule has 0 bridgehead atoms. The zero-order valence-electron chi connectivity index (χ0n) is 9.94. The van der Waals surface area contributed by atoms with Crippen molar-refractivity contribution in [3.63, 3.8) is 0 Å². The molecule has 0 aliphatic carbocycles. The molecule has 0 aromatic rings. The first kappa shape index (κ1) is 12.0. The topological polar surface area (TPSA) is 35.2 Å². The van der Waals surface area contributed by atoms with Crippen LogP contribution >= 0.6 is 0 Å². The molecule has 0 radical (unpaired) electrons. The molecule has 0 saturated carbocycles. The smallest absolute Gasteiger partial charge is 0.0631 e. The first-order valence-corrected chi connectivity index (χ1v) is 5.88. The third kappa shape index (κ3) is 2.96. The number of nitrogens with two attached hydrogens (primary N) is 1. The Hall–Kier alpha value is -0.0800. The molecule has 2 nitrogen and oxygen atoms in total. The van der Waals surface area contributed by atoms with E-state index >= 15 is 0 Å². The Bertz CT molecular complexity index is 166. The van der Waals surface area contributed by atoms with Crippen LogP contribution in [0.25, 0.3) is 0 Å². The van der Waals surface area contributed by atoms with Gasteiger partial charge in [0.2, 0.25) is 0 Å². The van der Waals surface area contributed by atoms with Gasteiger partial charge in [0.25, 0.3) is 0 Å². The molecular formula is C12H25NO. The van der Waals surface area contributed by atoms with Crippen molar-refractivity contribution in [1.82, 2.24) is 0 Å². The molecule has 1 aliphatic rings. The van der Waals surface area contributed by atoms with Gasteiger partial charge in [0.05, 0.1) is 5.60 Å². The summed E-state index contributed by atoms with van der Waals surface area (Å²) in [6.07, 6.45) is 6.09. The van der Waals surface area contributed by atoms with E-state index in [4.69, 9.17) is 10.5 Å². The Labute approximate surface area is 88.2 Å². The standard InChI is InChI=1S/C12H25NO/c1-4-5-12(6-8-13)7-9-14-11(2,3)10-12/h4-10,13H2,1-3H3/t12-/m1/s1. The van der Waals surface area contributed by atoms with Gasteiger partial charge in [-0.05, 0) is 51.5 Å². The molecule has 0 amide bonds. The van der Waals surface area contributed by atoms with E-state index in [2.05, 4.69) is 20.8 Å². The van der Waals surface area contributed by atoms with Crippen LogP contribution < -0.4 is 5.73 Å². The summed E-state index contributed by atoms with van der Waals surface area (Å²) in [7, 11) is 0. The summed E-state index contributed by atoms with van der Waals surface area (Å²) in [6, 6.07) is 0. The van der Waals surface area contributed by atoms with Crippen LogP contribution in [0.3, 0.4) is 0 Å². The minimum absolute atomic E-state index is 0.0581. The molecule has 1 saturated heterocycles. The summed E-state index contributed by atoms with van der Waals surface area (Å²) in [4.78, 5) is 0. The van der Waals surface area contributed by atoms with E-state index in [1.54, 1.807) is 0 Å². The van der Waals surface area contributed by atoms with Gasteiger partial charge >= 0.3 is 0 Å². The van der Waals surface area contributed by atoms with Crippen molar-refractivity contribution in [1.29, 1.82) is 0 Å². The van der Waals surface area contributed by atoms with Gasteiger partial charge in [-0.3, -0.25) is 0 Å². The van der Waals surface area contributed by atoms with E-state index in [9.17, 15) is 0 Å². The lowest BCUT2D eigenvalue weighted by Gasteiger charge is -2.45. The zero-order valence-corrected chi connectivity index (χ0v) is 9.94. The molecule has 14 heavy (non-hydrogen) atoms. The lowest BCUT2D eigenvalue weighted by Crippen LogP contribution is -2.42.